The molecule has 1 atom stereocenters. The van der Waals surface area contributed by atoms with Gasteiger partial charge in [0.1, 0.15) is 5.82 Å². The smallest absolute Gasteiger partial charge is 0.216 e. The number of hydrogen-bond acceptors (Lipinski definition) is 5. The zero-order valence-corrected chi connectivity index (χ0v) is 9.81. The van der Waals surface area contributed by atoms with E-state index in [0.29, 0.717) is 24.9 Å². The molecule has 0 fully saturated rings. The van der Waals surface area contributed by atoms with E-state index in [-0.39, 0.29) is 12.5 Å². The first-order chi connectivity index (χ1) is 7.71. The maximum absolute atomic E-state index is 9.14. The summed E-state index contributed by atoms with van der Waals surface area (Å²) >= 11 is 0. The quantitative estimate of drug-likeness (QED) is 0.741. The van der Waals surface area contributed by atoms with Crippen molar-refractivity contribution < 1.29 is 9.84 Å². The van der Waals surface area contributed by atoms with Gasteiger partial charge in [0, 0.05) is 18.3 Å². The van der Waals surface area contributed by atoms with E-state index in [1.54, 1.807) is 6.07 Å². The second-order valence-corrected chi connectivity index (χ2v) is 3.67. The van der Waals surface area contributed by atoms with Gasteiger partial charge < -0.3 is 15.6 Å². The lowest BCUT2D eigenvalue weighted by Crippen LogP contribution is -2.19. The standard InChI is InChI=1S/C11H19N3O2/c1-3-4-16-10-5-8(2)13-11(14-10)9(6-12)7-15/h5,9,15H,3-4,6-7,12H2,1-2H3. The van der Waals surface area contributed by atoms with Crippen LogP contribution in [0.1, 0.15) is 30.8 Å². The fourth-order valence-electron chi connectivity index (χ4n) is 1.29. The Morgan fingerprint density at radius 1 is 1.50 bits per heavy atom. The fourth-order valence-corrected chi connectivity index (χ4v) is 1.29. The lowest BCUT2D eigenvalue weighted by atomic mass is 10.1. The molecular weight excluding hydrogens is 206 g/mol. The topological polar surface area (TPSA) is 81.3 Å². The van der Waals surface area contributed by atoms with E-state index in [1.807, 2.05) is 13.8 Å². The molecule has 0 bridgehead atoms. The minimum absolute atomic E-state index is 0.0484. The van der Waals surface area contributed by atoms with Crippen molar-refractivity contribution in [3.8, 4) is 5.88 Å². The van der Waals surface area contributed by atoms with Gasteiger partial charge in [0.2, 0.25) is 5.88 Å². The summed E-state index contributed by atoms with van der Waals surface area (Å²) in [6.07, 6.45) is 0.929. The lowest BCUT2D eigenvalue weighted by molar-refractivity contribution is 0.259. The molecule has 3 N–H and O–H groups in total. The van der Waals surface area contributed by atoms with Gasteiger partial charge in [0.25, 0.3) is 0 Å². The van der Waals surface area contributed by atoms with Crippen LogP contribution in [0.4, 0.5) is 0 Å². The molecule has 16 heavy (non-hydrogen) atoms. The Morgan fingerprint density at radius 2 is 2.25 bits per heavy atom. The van der Waals surface area contributed by atoms with Gasteiger partial charge in [-0.2, -0.15) is 4.98 Å². The highest BCUT2D eigenvalue weighted by Crippen LogP contribution is 2.15. The Balaban J connectivity index is 2.88. The van der Waals surface area contributed by atoms with Gasteiger partial charge in [-0.15, -0.1) is 0 Å². The number of aryl methyl sites for hydroxylation is 1. The number of hydrogen-bond donors (Lipinski definition) is 2. The SMILES string of the molecule is CCCOc1cc(C)nc(C(CN)CO)n1. The third-order valence-electron chi connectivity index (χ3n) is 2.17. The van der Waals surface area contributed by atoms with E-state index in [0.717, 1.165) is 12.1 Å². The molecule has 5 nitrogen and oxygen atoms in total. The number of rotatable bonds is 6. The van der Waals surface area contributed by atoms with Crippen LogP contribution < -0.4 is 10.5 Å². The van der Waals surface area contributed by atoms with Gasteiger partial charge in [-0.05, 0) is 13.3 Å². The first kappa shape index (κ1) is 12.9. The molecule has 1 unspecified atom stereocenters. The average molecular weight is 225 g/mol. The molecule has 1 aromatic heterocycles. The number of ether oxygens (including phenoxy) is 1. The number of aliphatic hydroxyl groups is 1. The van der Waals surface area contributed by atoms with Gasteiger partial charge >= 0.3 is 0 Å². The molecule has 0 aliphatic heterocycles. The Hall–Kier alpha value is -1.20. The van der Waals surface area contributed by atoms with E-state index in [2.05, 4.69) is 9.97 Å². The van der Waals surface area contributed by atoms with Crippen LogP contribution in [0.5, 0.6) is 5.88 Å². The van der Waals surface area contributed by atoms with Crippen LogP contribution in [0.25, 0.3) is 0 Å². The van der Waals surface area contributed by atoms with Crippen LogP contribution in [-0.4, -0.2) is 34.8 Å². The number of aliphatic hydroxyl groups excluding tert-OH is 1. The summed E-state index contributed by atoms with van der Waals surface area (Å²) in [6.45, 7) is 4.81. The molecule has 0 spiro atoms. The van der Waals surface area contributed by atoms with Gasteiger partial charge in [-0.3, -0.25) is 0 Å². The van der Waals surface area contributed by atoms with Gasteiger partial charge in [0.05, 0.1) is 19.1 Å². The monoisotopic (exact) mass is 225 g/mol. The molecule has 0 aromatic carbocycles. The summed E-state index contributed by atoms with van der Waals surface area (Å²) in [5.74, 6) is 0.885. The van der Waals surface area contributed by atoms with Crippen molar-refractivity contribution in [2.45, 2.75) is 26.2 Å². The van der Waals surface area contributed by atoms with Crippen molar-refractivity contribution in [3.05, 3.63) is 17.6 Å². The van der Waals surface area contributed by atoms with Crippen LogP contribution in [0.15, 0.2) is 6.07 Å². The van der Waals surface area contributed by atoms with Crippen LogP contribution in [-0.2, 0) is 0 Å². The highest BCUT2D eigenvalue weighted by molar-refractivity contribution is 5.17. The fraction of sp³-hybridized carbons (Fsp3) is 0.636. The molecule has 0 amide bonds. The van der Waals surface area contributed by atoms with Crippen molar-refractivity contribution in [1.82, 2.24) is 9.97 Å². The number of nitrogens with zero attached hydrogens (tertiary/aromatic N) is 2. The van der Waals surface area contributed by atoms with Crippen LogP contribution in [0, 0.1) is 6.92 Å². The van der Waals surface area contributed by atoms with Crippen LogP contribution >= 0.6 is 0 Å². The molecule has 0 aliphatic carbocycles. The zero-order chi connectivity index (χ0) is 12.0. The summed E-state index contributed by atoms with van der Waals surface area (Å²) in [6, 6.07) is 1.78. The third kappa shape index (κ3) is 3.43. The minimum atomic E-state index is -0.219. The normalized spacial score (nSPS) is 12.5. The summed E-state index contributed by atoms with van der Waals surface area (Å²) in [7, 11) is 0. The Morgan fingerprint density at radius 3 is 2.81 bits per heavy atom. The summed E-state index contributed by atoms with van der Waals surface area (Å²) < 4.78 is 5.44. The maximum atomic E-state index is 9.14. The van der Waals surface area contributed by atoms with E-state index in [9.17, 15) is 0 Å². The molecule has 1 rings (SSSR count). The average Bonchev–Trinajstić information content (AvgIpc) is 2.27. The summed E-state index contributed by atoms with van der Waals surface area (Å²) in [5.41, 5.74) is 6.36. The predicted molar refractivity (Wildman–Crippen MR) is 61.4 cm³/mol. The van der Waals surface area contributed by atoms with E-state index >= 15 is 0 Å². The lowest BCUT2D eigenvalue weighted by Gasteiger charge is -2.12. The summed E-state index contributed by atoms with van der Waals surface area (Å²) in [4.78, 5) is 8.49. The Kier molecular flexibility index (Phi) is 5.14. The molecule has 90 valence electrons. The minimum Gasteiger partial charge on any atom is -0.478 e. The van der Waals surface area contributed by atoms with Crippen LogP contribution in [0.2, 0.25) is 0 Å². The first-order valence-electron chi connectivity index (χ1n) is 5.50. The van der Waals surface area contributed by atoms with Gasteiger partial charge in [-0.1, -0.05) is 6.92 Å². The van der Waals surface area contributed by atoms with Crippen molar-refractivity contribution in [2.24, 2.45) is 5.73 Å². The molecular formula is C11H19N3O2. The van der Waals surface area contributed by atoms with Gasteiger partial charge in [-0.25, -0.2) is 4.98 Å². The van der Waals surface area contributed by atoms with E-state index < -0.39 is 0 Å². The summed E-state index contributed by atoms with van der Waals surface area (Å²) in [5, 5.41) is 9.14. The van der Waals surface area contributed by atoms with Crippen molar-refractivity contribution in [2.75, 3.05) is 19.8 Å². The molecule has 1 heterocycles. The second-order valence-electron chi connectivity index (χ2n) is 3.67. The van der Waals surface area contributed by atoms with Crippen LogP contribution in [0.3, 0.4) is 0 Å². The number of aromatic nitrogens is 2. The molecule has 0 aliphatic rings. The first-order valence-corrected chi connectivity index (χ1v) is 5.50. The van der Waals surface area contributed by atoms with E-state index in [4.69, 9.17) is 15.6 Å². The van der Waals surface area contributed by atoms with Crippen molar-refractivity contribution >= 4 is 0 Å². The Labute approximate surface area is 95.7 Å². The highest BCUT2D eigenvalue weighted by Gasteiger charge is 2.13. The largest absolute Gasteiger partial charge is 0.478 e. The molecule has 1 aromatic rings. The molecule has 0 saturated heterocycles. The Bertz CT molecular complexity index is 327. The zero-order valence-electron chi connectivity index (χ0n) is 9.81. The second kappa shape index (κ2) is 6.40. The highest BCUT2D eigenvalue weighted by atomic mass is 16.5. The van der Waals surface area contributed by atoms with Gasteiger partial charge in [0.15, 0.2) is 0 Å². The predicted octanol–water partition coefficient (Wildman–Crippen LogP) is 0.608. The van der Waals surface area contributed by atoms with Crippen molar-refractivity contribution in [1.29, 1.82) is 0 Å². The number of nitrogens with two attached hydrogens (primary N) is 1. The third-order valence-corrected chi connectivity index (χ3v) is 2.17. The van der Waals surface area contributed by atoms with Crippen molar-refractivity contribution in [3.63, 3.8) is 0 Å². The molecule has 0 radical (unpaired) electrons. The van der Waals surface area contributed by atoms with E-state index in [1.165, 1.54) is 0 Å². The molecule has 0 saturated carbocycles. The maximum Gasteiger partial charge on any atom is 0.216 e. The molecule has 5 heteroatoms.